The number of nitrogens with zero attached hydrogens (tertiary/aromatic N) is 1. The van der Waals surface area contributed by atoms with Gasteiger partial charge in [0.1, 0.15) is 0 Å². The van der Waals surface area contributed by atoms with E-state index in [0.29, 0.717) is 5.92 Å². The fourth-order valence-electron chi connectivity index (χ4n) is 2.25. The highest BCUT2D eigenvalue weighted by Crippen LogP contribution is 2.24. The van der Waals surface area contributed by atoms with E-state index in [1.54, 1.807) is 0 Å². The van der Waals surface area contributed by atoms with E-state index in [0.717, 1.165) is 17.0 Å². The van der Waals surface area contributed by atoms with Crippen LogP contribution in [0.4, 0.5) is 0 Å². The summed E-state index contributed by atoms with van der Waals surface area (Å²) >= 11 is 2.13. The summed E-state index contributed by atoms with van der Waals surface area (Å²) in [7, 11) is 0. The van der Waals surface area contributed by atoms with Crippen LogP contribution in [0.3, 0.4) is 0 Å². The van der Waals surface area contributed by atoms with Crippen molar-refractivity contribution in [3.05, 3.63) is 0 Å². The zero-order chi connectivity index (χ0) is 11.3. The molecule has 1 heterocycles. The molecule has 0 aromatic rings. The van der Waals surface area contributed by atoms with Gasteiger partial charge in [-0.15, -0.1) is 0 Å². The maximum absolute atomic E-state index is 5.62. The molecule has 0 spiro atoms. The molecule has 0 bridgehead atoms. The minimum Gasteiger partial charge on any atom is -0.330 e. The second-order valence-corrected chi connectivity index (χ2v) is 6.88. The predicted molar refractivity (Wildman–Crippen MR) is 70.4 cm³/mol. The Labute approximate surface area is 99.0 Å². The van der Waals surface area contributed by atoms with Crippen LogP contribution in [0.15, 0.2) is 0 Å². The van der Waals surface area contributed by atoms with Gasteiger partial charge in [0, 0.05) is 23.6 Å². The van der Waals surface area contributed by atoms with Crippen LogP contribution in [0.2, 0.25) is 0 Å². The zero-order valence-electron chi connectivity index (χ0n) is 10.4. The lowest BCUT2D eigenvalue weighted by Gasteiger charge is -2.34. The number of thioether (sulfide) groups is 1. The van der Waals surface area contributed by atoms with Crippen LogP contribution in [-0.4, -0.2) is 41.6 Å². The lowest BCUT2D eigenvalue weighted by atomic mass is 10.1. The second-order valence-electron chi connectivity index (χ2n) is 5.00. The Bertz CT molecular complexity index is 165. The van der Waals surface area contributed by atoms with Gasteiger partial charge in [-0.3, -0.25) is 0 Å². The molecule has 1 fully saturated rings. The average Bonchev–Trinajstić information content (AvgIpc) is 2.16. The molecule has 0 aromatic heterocycles. The molecule has 1 rings (SSSR count). The Kier molecular flexibility index (Phi) is 6.02. The summed E-state index contributed by atoms with van der Waals surface area (Å²) in [5.74, 6) is 0.694. The topological polar surface area (TPSA) is 29.3 Å². The smallest absolute Gasteiger partial charge is 0.0149 e. The van der Waals surface area contributed by atoms with Crippen molar-refractivity contribution in [1.82, 2.24) is 4.90 Å². The highest BCUT2D eigenvalue weighted by Gasteiger charge is 2.21. The molecule has 1 aliphatic rings. The molecule has 0 aromatic carbocycles. The van der Waals surface area contributed by atoms with Crippen molar-refractivity contribution in [2.45, 2.75) is 44.1 Å². The second kappa shape index (κ2) is 6.77. The Morgan fingerprint density at radius 1 is 1.33 bits per heavy atom. The van der Waals surface area contributed by atoms with Gasteiger partial charge in [0.2, 0.25) is 0 Å². The van der Waals surface area contributed by atoms with Crippen molar-refractivity contribution in [2.24, 2.45) is 11.7 Å². The fourth-order valence-corrected chi connectivity index (χ4v) is 3.64. The lowest BCUT2D eigenvalue weighted by Crippen LogP contribution is -2.40. The predicted octanol–water partition coefficient (Wildman–Crippen LogP) is 2.19. The first-order chi connectivity index (χ1) is 7.11. The van der Waals surface area contributed by atoms with Crippen molar-refractivity contribution in [1.29, 1.82) is 0 Å². The van der Waals surface area contributed by atoms with Gasteiger partial charge in [-0.05, 0) is 31.8 Å². The van der Waals surface area contributed by atoms with Crippen LogP contribution < -0.4 is 5.73 Å². The lowest BCUT2D eigenvalue weighted by molar-refractivity contribution is 0.260. The Morgan fingerprint density at radius 2 is 1.93 bits per heavy atom. The van der Waals surface area contributed by atoms with Crippen molar-refractivity contribution in [3.8, 4) is 0 Å². The highest BCUT2D eigenvalue weighted by atomic mass is 32.2. The third-order valence-corrected chi connectivity index (χ3v) is 4.30. The van der Waals surface area contributed by atoms with Crippen molar-refractivity contribution in [2.75, 3.05) is 26.2 Å². The number of rotatable bonds is 5. The molecule has 0 radical (unpaired) electrons. The van der Waals surface area contributed by atoms with Gasteiger partial charge in [-0.2, -0.15) is 11.8 Å². The van der Waals surface area contributed by atoms with Gasteiger partial charge in [-0.1, -0.05) is 20.8 Å². The van der Waals surface area contributed by atoms with Gasteiger partial charge >= 0.3 is 0 Å². The van der Waals surface area contributed by atoms with Gasteiger partial charge in [-0.25, -0.2) is 0 Å². The number of hydrogen-bond donors (Lipinski definition) is 1. The minimum atomic E-state index is 0.694. The SMILES string of the molecule is CC(CN)CCCN1CC(C)SC(C)C1. The Balaban J connectivity index is 2.15. The molecule has 0 aliphatic carbocycles. The molecule has 0 amide bonds. The van der Waals surface area contributed by atoms with E-state index < -0.39 is 0 Å². The summed E-state index contributed by atoms with van der Waals surface area (Å²) in [4.78, 5) is 2.62. The molecule has 2 nitrogen and oxygen atoms in total. The Morgan fingerprint density at radius 3 is 2.47 bits per heavy atom. The molecule has 3 unspecified atom stereocenters. The monoisotopic (exact) mass is 230 g/mol. The van der Waals surface area contributed by atoms with Crippen molar-refractivity contribution >= 4 is 11.8 Å². The van der Waals surface area contributed by atoms with E-state index >= 15 is 0 Å². The van der Waals surface area contributed by atoms with Gasteiger partial charge < -0.3 is 10.6 Å². The normalized spacial score (nSPS) is 30.4. The maximum Gasteiger partial charge on any atom is 0.0149 e. The summed E-state index contributed by atoms with van der Waals surface area (Å²) in [5.41, 5.74) is 5.62. The average molecular weight is 230 g/mol. The molecule has 1 saturated heterocycles. The van der Waals surface area contributed by atoms with Gasteiger partial charge in [0.05, 0.1) is 0 Å². The van der Waals surface area contributed by atoms with Crippen LogP contribution in [0, 0.1) is 5.92 Å². The van der Waals surface area contributed by atoms with Crippen LogP contribution in [0.5, 0.6) is 0 Å². The molecular weight excluding hydrogens is 204 g/mol. The van der Waals surface area contributed by atoms with E-state index in [4.69, 9.17) is 5.73 Å². The molecule has 15 heavy (non-hydrogen) atoms. The van der Waals surface area contributed by atoms with E-state index in [-0.39, 0.29) is 0 Å². The molecule has 3 heteroatoms. The molecule has 90 valence electrons. The van der Waals surface area contributed by atoms with Crippen molar-refractivity contribution in [3.63, 3.8) is 0 Å². The number of hydrogen-bond acceptors (Lipinski definition) is 3. The molecule has 1 aliphatic heterocycles. The molecule has 3 atom stereocenters. The fraction of sp³-hybridized carbons (Fsp3) is 1.00. The molecular formula is C12H26N2S. The van der Waals surface area contributed by atoms with Gasteiger partial charge in [0.15, 0.2) is 0 Å². The summed E-state index contributed by atoms with van der Waals surface area (Å²) < 4.78 is 0. The quantitative estimate of drug-likeness (QED) is 0.785. The summed E-state index contributed by atoms with van der Waals surface area (Å²) in [6.45, 7) is 11.6. The van der Waals surface area contributed by atoms with Gasteiger partial charge in [0.25, 0.3) is 0 Å². The minimum absolute atomic E-state index is 0.694. The maximum atomic E-state index is 5.62. The van der Waals surface area contributed by atoms with E-state index in [1.807, 2.05) is 0 Å². The highest BCUT2D eigenvalue weighted by molar-refractivity contribution is 8.00. The van der Waals surface area contributed by atoms with Crippen molar-refractivity contribution < 1.29 is 0 Å². The summed E-state index contributed by atoms with van der Waals surface area (Å²) in [5, 5.41) is 1.61. The molecule has 2 N–H and O–H groups in total. The first-order valence-electron chi connectivity index (χ1n) is 6.19. The Hall–Kier alpha value is 0.270. The summed E-state index contributed by atoms with van der Waals surface area (Å²) in [6, 6.07) is 0. The van der Waals surface area contributed by atoms with Crippen LogP contribution in [0.25, 0.3) is 0 Å². The zero-order valence-corrected chi connectivity index (χ0v) is 11.2. The molecule has 0 saturated carbocycles. The van der Waals surface area contributed by atoms with Crippen LogP contribution in [0.1, 0.15) is 33.6 Å². The number of nitrogens with two attached hydrogens (primary N) is 1. The first kappa shape index (κ1) is 13.3. The van der Waals surface area contributed by atoms with E-state index in [2.05, 4.69) is 37.4 Å². The van der Waals surface area contributed by atoms with E-state index in [1.165, 1.54) is 32.5 Å². The largest absolute Gasteiger partial charge is 0.330 e. The van der Waals surface area contributed by atoms with Crippen LogP contribution >= 0.6 is 11.8 Å². The first-order valence-corrected chi connectivity index (χ1v) is 7.14. The van der Waals surface area contributed by atoms with Crippen LogP contribution in [-0.2, 0) is 0 Å². The standard InChI is InChI=1S/C12H26N2S/c1-10(7-13)5-4-6-14-8-11(2)15-12(3)9-14/h10-12H,4-9,13H2,1-3H3. The van der Waals surface area contributed by atoms with E-state index in [9.17, 15) is 0 Å². The third-order valence-electron chi connectivity index (χ3n) is 3.07. The third kappa shape index (κ3) is 5.23. The summed E-state index contributed by atoms with van der Waals surface area (Å²) in [6.07, 6.45) is 2.59.